The summed E-state index contributed by atoms with van der Waals surface area (Å²) in [5, 5.41) is 52.0. The molecule has 140 valence electrons. The van der Waals surface area contributed by atoms with Gasteiger partial charge in [-0.1, -0.05) is 0 Å². The predicted molar refractivity (Wildman–Crippen MR) is 77.5 cm³/mol. The first kappa shape index (κ1) is 29.9. The Labute approximate surface area is 198 Å². The molecule has 0 saturated heterocycles. The Kier molecular flexibility index (Phi) is 15.0. The van der Waals surface area contributed by atoms with Gasteiger partial charge in [0, 0.05) is 0 Å². The van der Waals surface area contributed by atoms with Crippen LogP contribution in [0.1, 0.15) is 0 Å². The van der Waals surface area contributed by atoms with Crippen molar-refractivity contribution in [3.05, 3.63) is 0 Å². The summed E-state index contributed by atoms with van der Waals surface area (Å²) in [6.07, 6.45) is -11.2. The number of carboxylic acids is 2. The third-order valence-electron chi connectivity index (χ3n) is 1.96. The van der Waals surface area contributed by atoms with Crippen LogP contribution in [-0.4, -0.2) is 163 Å². The molecule has 0 amide bonds. The standard InChI is InChI=1S/C8H10O14S.2Ca.4H/c9-1(5(13)14)3(11)7(17)21-23(19,20)22-8(18)4(12)2(10)6(15)16;;;;;;/h1-4,9-12H,(H,13,14)(H,15,16);;;;;;. The van der Waals surface area contributed by atoms with E-state index in [1.807, 2.05) is 0 Å². The van der Waals surface area contributed by atoms with E-state index in [-0.39, 0.29) is 75.5 Å². The Morgan fingerprint density at radius 3 is 1.08 bits per heavy atom. The SMILES string of the molecule is O=C(O)C(O)C(O)C(=O)OS(=O)(=O)OC(=O)C(O)C(O)C(=O)O.[CaH2].[CaH2]. The summed E-state index contributed by atoms with van der Waals surface area (Å²) in [7, 11) is -5.62. The van der Waals surface area contributed by atoms with E-state index in [2.05, 4.69) is 8.37 Å². The number of carboxylic acid groups (broad SMARTS) is 2. The minimum absolute atomic E-state index is 0. The number of carbonyl (C=O) groups is 4. The molecule has 0 aromatic carbocycles. The quantitative estimate of drug-likeness (QED) is 0.190. The fourth-order valence-electron chi connectivity index (χ4n) is 0.845. The van der Waals surface area contributed by atoms with Crippen molar-refractivity contribution in [3.63, 3.8) is 0 Å². The molecule has 0 aliphatic rings. The van der Waals surface area contributed by atoms with Crippen LogP contribution in [-0.2, 0) is 37.9 Å². The average molecular weight is 446 g/mol. The molecule has 0 aliphatic carbocycles. The summed E-state index contributed by atoms with van der Waals surface area (Å²) < 4.78 is 29.0. The number of aliphatic hydroxyl groups excluding tert-OH is 4. The molecule has 0 aromatic rings. The van der Waals surface area contributed by atoms with Crippen LogP contribution in [0.15, 0.2) is 0 Å². The first-order valence-corrected chi connectivity index (χ1v) is 6.53. The van der Waals surface area contributed by atoms with Gasteiger partial charge in [-0.05, 0) is 0 Å². The van der Waals surface area contributed by atoms with E-state index in [0.717, 1.165) is 0 Å². The summed E-state index contributed by atoms with van der Waals surface area (Å²) in [6.45, 7) is 0. The molecule has 0 aromatic heterocycles. The molecule has 14 nitrogen and oxygen atoms in total. The monoisotopic (exact) mass is 446 g/mol. The van der Waals surface area contributed by atoms with Gasteiger partial charge in [-0.25, -0.2) is 19.2 Å². The molecule has 0 bridgehead atoms. The molecule has 6 N–H and O–H groups in total. The molecular formula is C8H14Ca2O14S. The Bertz CT molecular complexity index is 556. The van der Waals surface area contributed by atoms with Gasteiger partial charge < -0.3 is 39.0 Å². The van der Waals surface area contributed by atoms with Crippen LogP contribution in [0.4, 0.5) is 0 Å². The zero-order valence-corrected chi connectivity index (χ0v) is 11.5. The molecule has 0 saturated carbocycles. The molecule has 17 heteroatoms. The van der Waals surface area contributed by atoms with Crippen LogP contribution in [0.3, 0.4) is 0 Å². The molecule has 0 heterocycles. The van der Waals surface area contributed by atoms with Crippen LogP contribution in [0, 0.1) is 0 Å². The fourth-order valence-corrected chi connectivity index (χ4v) is 1.48. The zero-order chi connectivity index (χ0) is 18.5. The van der Waals surface area contributed by atoms with Gasteiger partial charge in [0.1, 0.15) is 0 Å². The van der Waals surface area contributed by atoms with Crippen molar-refractivity contribution in [1.29, 1.82) is 0 Å². The second kappa shape index (κ2) is 12.6. The van der Waals surface area contributed by atoms with Crippen molar-refractivity contribution in [2.75, 3.05) is 0 Å². The number of aliphatic carboxylic acids is 2. The number of hydrogen-bond donors (Lipinski definition) is 6. The molecule has 4 atom stereocenters. The van der Waals surface area contributed by atoms with E-state index in [1.165, 1.54) is 0 Å². The molecule has 0 spiro atoms. The Balaban J connectivity index is -0.00000242. The number of rotatable bonds is 8. The molecule has 0 fully saturated rings. The van der Waals surface area contributed by atoms with E-state index in [4.69, 9.17) is 30.6 Å². The molecule has 0 radical (unpaired) electrons. The van der Waals surface area contributed by atoms with Gasteiger partial charge >= 0.3 is 110 Å². The van der Waals surface area contributed by atoms with Crippen molar-refractivity contribution >= 4 is 110 Å². The van der Waals surface area contributed by atoms with Crippen LogP contribution in [0.2, 0.25) is 0 Å². The second-order valence-electron chi connectivity index (χ2n) is 3.67. The van der Waals surface area contributed by atoms with Gasteiger partial charge in [-0.15, -0.1) is 8.42 Å². The van der Waals surface area contributed by atoms with Gasteiger partial charge in [-0.2, -0.15) is 0 Å². The van der Waals surface area contributed by atoms with Crippen molar-refractivity contribution in [3.8, 4) is 0 Å². The van der Waals surface area contributed by atoms with Gasteiger partial charge in [0.15, 0.2) is 24.4 Å². The summed E-state index contributed by atoms with van der Waals surface area (Å²) in [4.78, 5) is 42.5. The van der Waals surface area contributed by atoms with Crippen LogP contribution in [0.25, 0.3) is 0 Å². The third kappa shape index (κ3) is 10.2. The maximum atomic E-state index is 11.1. The van der Waals surface area contributed by atoms with E-state index in [9.17, 15) is 27.6 Å². The van der Waals surface area contributed by atoms with Crippen molar-refractivity contribution in [2.45, 2.75) is 24.4 Å². The predicted octanol–water partition coefficient (Wildman–Crippen LogP) is -6.90. The molecule has 25 heavy (non-hydrogen) atoms. The first-order chi connectivity index (χ1) is 10.3. The topological polar surface area (TPSA) is 242 Å². The first-order valence-electron chi connectivity index (χ1n) is 5.19. The van der Waals surface area contributed by atoms with E-state index in [1.54, 1.807) is 0 Å². The van der Waals surface area contributed by atoms with Gasteiger partial charge in [-0.3, -0.25) is 0 Å². The Morgan fingerprint density at radius 2 is 0.880 bits per heavy atom. The number of hydrogen-bond acceptors (Lipinski definition) is 12. The molecule has 0 aliphatic heterocycles. The van der Waals surface area contributed by atoms with E-state index < -0.39 is 58.7 Å². The maximum absolute atomic E-state index is 11.1. The van der Waals surface area contributed by atoms with Crippen molar-refractivity contribution < 1.29 is 66.6 Å². The van der Waals surface area contributed by atoms with E-state index in [0.29, 0.717) is 0 Å². The summed E-state index contributed by atoms with van der Waals surface area (Å²) in [6, 6.07) is 0. The van der Waals surface area contributed by atoms with Crippen LogP contribution < -0.4 is 0 Å². The Hall–Kier alpha value is 0.189. The van der Waals surface area contributed by atoms with Gasteiger partial charge in [0.05, 0.1) is 0 Å². The van der Waals surface area contributed by atoms with Gasteiger partial charge in [0.2, 0.25) is 0 Å². The second-order valence-corrected chi connectivity index (χ2v) is 4.82. The zero-order valence-electron chi connectivity index (χ0n) is 10.7. The fraction of sp³-hybridized carbons (Fsp3) is 0.500. The van der Waals surface area contributed by atoms with Crippen molar-refractivity contribution in [2.24, 2.45) is 0 Å². The number of aliphatic hydroxyl groups is 4. The molecular weight excluding hydrogens is 432 g/mol. The minimum atomic E-state index is -5.62. The normalized spacial score (nSPS) is 15.2. The summed E-state index contributed by atoms with van der Waals surface area (Å²) >= 11 is 0. The Morgan fingerprint density at radius 1 is 0.640 bits per heavy atom. The van der Waals surface area contributed by atoms with Crippen LogP contribution >= 0.6 is 0 Å². The number of carbonyl (C=O) groups excluding carboxylic acids is 2. The molecule has 0 rings (SSSR count). The average Bonchev–Trinajstić information content (AvgIpc) is 2.42. The van der Waals surface area contributed by atoms with Crippen molar-refractivity contribution in [1.82, 2.24) is 0 Å². The summed E-state index contributed by atoms with van der Waals surface area (Å²) in [5.74, 6) is -8.71. The van der Waals surface area contributed by atoms with Crippen LogP contribution in [0.5, 0.6) is 0 Å². The third-order valence-corrected chi connectivity index (χ3v) is 2.69. The van der Waals surface area contributed by atoms with Gasteiger partial charge in [0.25, 0.3) is 0 Å². The summed E-state index contributed by atoms with van der Waals surface area (Å²) in [5.41, 5.74) is 0. The molecule has 4 unspecified atom stereocenters. The van der Waals surface area contributed by atoms with E-state index >= 15 is 0 Å².